The molecule has 0 unspecified atom stereocenters. The first-order chi connectivity index (χ1) is 13.6. The lowest BCUT2D eigenvalue weighted by molar-refractivity contribution is -0.120. The molecule has 0 aromatic heterocycles. The van der Waals surface area contributed by atoms with Crippen LogP contribution in [0.15, 0.2) is 48.5 Å². The van der Waals surface area contributed by atoms with Crippen molar-refractivity contribution in [3.8, 4) is 11.5 Å². The van der Waals surface area contributed by atoms with Gasteiger partial charge in [0, 0.05) is 18.3 Å². The fourth-order valence-electron chi connectivity index (χ4n) is 2.64. The highest BCUT2D eigenvalue weighted by atomic mass is 16.5. The minimum atomic E-state index is -0.753. The number of hydrogen-bond acceptors (Lipinski definition) is 5. The summed E-state index contributed by atoms with van der Waals surface area (Å²) < 4.78 is 11.2. The highest BCUT2D eigenvalue weighted by Gasteiger charge is 2.22. The number of imide groups is 1. The highest BCUT2D eigenvalue weighted by molar-refractivity contribution is 5.98. The van der Waals surface area contributed by atoms with Crippen LogP contribution < -0.4 is 25.4 Å². The molecule has 0 fully saturated rings. The Kier molecular flexibility index (Phi) is 8.14. The molecule has 0 bridgehead atoms. The van der Waals surface area contributed by atoms with Crippen molar-refractivity contribution < 1.29 is 19.1 Å². The highest BCUT2D eigenvalue weighted by Crippen LogP contribution is 2.32. The van der Waals surface area contributed by atoms with Gasteiger partial charge in [-0.15, -0.1) is 0 Å². The second-order valence-corrected chi connectivity index (χ2v) is 5.86. The maximum Gasteiger partial charge on any atom is 0.321 e. The molecule has 150 valence electrons. The van der Waals surface area contributed by atoms with Crippen molar-refractivity contribution in [3.63, 3.8) is 0 Å². The van der Waals surface area contributed by atoms with E-state index < -0.39 is 18.0 Å². The first-order valence-corrected chi connectivity index (χ1v) is 9.38. The van der Waals surface area contributed by atoms with Crippen LogP contribution in [0.5, 0.6) is 11.5 Å². The molecule has 2 aromatic carbocycles. The average Bonchev–Trinajstić information content (AvgIpc) is 2.69. The molecule has 3 amide bonds. The molecular weight excluding hydrogens is 358 g/mol. The molecule has 0 radical (unpaired) electrons. The number of carbonyl (C=O) groups is 2. The van der Waals surface area contributed by atoms with Crippen LogP contribution in [0.1, 0.15) is 32.4 Å². The van der Waals surface area contributed by atoms with E-state index in [2.05, 4.69) is 16.0 Å². The SMILES string of the molecule is CCNC(=O)NC(=O)[C@@H](Nc1ccc(OCC)c(OCC)c1)c1ccccc1. The monoisotopic (exact) mass is 385 g/mol. The normalized spacial score (nSPS) is 11.2. The maximum absolute atomic E-state index is 12.7. The third-order valence-corrected chi connectivity index (χ3v) is 3.82. The Balaban J connectivity index is 2.28. The first-order valence-electron chi connectivity index (χ1n) is 9.38. The number of ether oxygens (including phenoxy) is 2. The lowest BCUT2D eigenvalue weighted by Crippen LogP contribution is -2.43. The molecule has 0 spiro atoms. The van der Waals surface area contributed by atoms with Crippen LogP contribution >= 0.6 is 0 Å². The Labute approximate surface area is 165 Å². The fourth-order valence-corrected chi connectivity index (χ4v) is 2.64. The van der Waals surface area contributed by atoms with Crippen molar-refractivity contribution in [2.24, 2.45) is 0 Å². The van der Waals surface area contributed by atoms with Gasteiger partial charge in [-0.3, -0.25) is 10.1 Å². The van der Waals surface area contributed by atoms with E-state index in [1.54, 1.807) is 19.1 Å². The fraction of sp³-hybridized carbons (Fsp3) is 0.333. The number of hydrogen-bond donors (Lipinski definition) is 3. The van der Waals surface area contributed by atoms with Gasteiger partial charge in [-0.2, -0.15) is 0 Å². The molecule has 0 aliphatic carbocycles. The van der Waals surface area contributed by atoms with Gasteiger partial charge in [0.15, 0.2) is 11.5 Å². The molecule has 7 heteroatoms. The average molecular weight is 385 g/mol. The van der Waals surface area contributed by atoms with Crippen molar-refractivity contribution in [3.05, 3.63) is 54.1 Å². The van der Waals surface area contributed by atoms with E-state index >= 15 is 0 Å². The van der Waals surface area contributed by atoms with E-state index in [9.17, 15) is 9.59 Å². The summed E-state index contributed by atoms with van der Waals surface area (Å²) in [6.07, 6.45) is 0. The van der Waals surface area contributed by atoms with E-state index in [0.717, 1.165) is 5.56 Å². The van der Waals surface area contributed by atoms with Gasteiger partial charge in [0.2, 0.25) is 0 Å². The summed E-state index contributed by atoms with van der Waals surface area (Å²) in [5, 5.41) is 8.11. The summed E-state index contributed by atoms with van der Waals surface area (Å²) in [5.41, 5.74) is 1.41. The molecule has 28 heavy (non-hydrogen) atoms. The van der Waals surface area contributed by atoms with Gasteiger partial charge < -0.3 is 20.1 Å². The number of carbonyl (C=O) groups excluding carboxylic acids is 2. The lowest BCUT2D eigenvalue weighted by Gasteiger charge is -2.21. The molecule has 1 atom stereocenters. The molecule has 0 aliphatic rings. The minimum absolute atomic E-state index is 0.430. The van der Waals surface area contributed by atoms with Gasteiger partial charge in [0.25, 0.3) is 5.91 Å². The molecule has 0 saturated heterocycles. The summed E-state index contributed by atoms with van der Waals surface area (Å²) in [7, 11) is 0. The number of amides is 3. The van der Waals surface area contributed by atoms with E-state index in [-0.39, 0.29) is 0 Å². The number of benzene rings is 2. The van der Waals surface area contributed by atoms with Gasteiger partial charge in [-0.1, -0.05) is 30.3 Å². The molecule has 2 rings (SSSR count). The summed E-state index contributed by atoms with van der Waals surface area (Å²) in [4.78, 5) is 24.5. The van der Waals surface area contributed by atoms with E-state index in [1.165, 1.54) is 0 Å². The Bertz CT molecular complexity index is 780. The molecule has 0 heterocycles. The van der Waals surface area contributed by atoms with Crippen LogP contribution in [-0.2, 0) is 4.79 Å². The lowest BCUT2D eigenvalue weighted by atomic mass is 10.1. The van der Waals surface area contributed by atoms with Crippen molar-refractivity contribution in [1.29, 1.82) is 0 Å². The number of anilines is 1. The summed E-state index contributed by atoms with van der Waals surface area (Å²) >= 11 is 0. The van der Waals surface area contributed by atoms with Crippen molar-refractivity contribution in [1.82, 2.24) is 10.6 Å². The first kappa shape index (κ1) is 21.1. The maximum atomic E-state index is 12.7. The molecule has 3 N–H and O–H groups in total. The zero-order chi connectivity index (χ0) is 20.4. The smallest absolute Gasteiger partial charge is 0.321 e. The number of urea groups is 1. The third kappa shape index (κ3) is 5.90. The standard InChI is InChI=1S/C21H27N3O4/c1-4-22-21(26)24-20(25)19(15-10-8-7-9-11-15)23-16-12-13-17(27-5-2)18(14-16)28-6-3/h7-14,19,23H,4-6H2,1-3H3,(H2,22,24,25,26)/t19-/m0/s1. The van der Waals surface area contributed by atoms with Crippen LogP contribution in [0.25, 0.3) is 0 Å². The van der Waals surface area contributed by atoms with Crippen LogP contribution in [0.3, 0.4) is 0 Å². The summed E-state index contributed by atoms with van der Waals surface area (Å²) in [5.74, 6) is 0.771. The van der Waals surface area contributed by atoms with Crippen LogP contribution in [0, 0.1) is 0 Å². The molecule has 2 aromatic rings. The molecule has 7 nitrogen and oxygen atoms in total. The minimum Gasteiger partial charge on any atom is -0.490 e. The van der Waals surface area contributed by atoms with Gasteiger partial charge in [0.1, 0.15) is 6.04 Å². The Morgan fingerprint density at radius 2 is 1.61 bits per heavy atom. The van der Waals surface area contributed by atoms with Crippen LogP contribution in [-0.4, -0.2) is 31.7 Å². The Morgan fingerprint density at radius 3 is 2.25 bits per heavy atom. The zero-order valence-corrected chi connectivity index (χ0v) is 16.5. The van der Waals surface area contributed by atoms with Gasteiger partial charge >= 0.3 is 6.03 Å². The van der Waals surface area contributed by atoms with E-state index in [4.69, 9.17) is 9.47 Å². The second-order valence-electron chi connectivity index (χ2n) is 5.86. The zero-order valence-electron chi connectivity index (χ0n) is 16.5. The largest absolute Gasteiger partial charge is 0.490 e. The number of rotatable bonds is 9. The number of nitrogens with one attached hydrogen (secondary N) is 3. The van der Waals surface area contributed by atoms with Crippen molar-refractivity contribution >= 4 is 17.6 Å². The third-order valence-electron chi connectivity index (χ3n) is 3.82. The van der Waals surface area contributed by atoms with Crippen LogP contribution in [0.4, 0.5) is 10.5 Å². The molecule has 0 saturated carbocycles. The molecule has 0 aliphatic heterocycles. The van der Waals surface area contributed by atoms with Crippen molar-refractivity contribution in [2.45, 2.75) is 26.8 Å². The topological polar surface area (TPSA) is 88.7 Å². The summed E-state index contributed by atoms with van der Waals surface area (Å²) in [6.45, 7) is 7.02. The van der Waals surface area contributed by atoms with Crippen LogP contribution in [0.2, 0.25) is 0 Å². The predicted octanol–water partition coefficient (Wildman–Crippen LogP) is 3.48. The predicted molar refractivity (Wildman–Crippen MR) is 109 cm³/mol. The molecular formula is C21H27N3O4. The summed E-state index contributed by atoms with van der Waals surface area (Å²) in [6, 6.07) is 13.3. The van der Waals surface area contributed by atoms with E-state index in [1.807, 2.05) is 50.2 Å². The van der Waals surface area contributed by atoms with Gasteiger partial charge in [-0.05, 0) is 38.5 Å². The van der Waals surface area contributed by atoms with Gasteiger partial charge in [-0.25, -0.2) is 4.79 Å². The van der Waals surface area contributed by atoms with Crippen molar-refractivity contribution in [2.75, 3.05) is 25.1 Å². The quantitative estimate of drug-likeness (QED) is 0.615. The van der Waals surface area contributed by atoms with E-state index in [0.29, 0.717) is 36.9 Å². The second kappa shape index (κ2) is 10.8. The Hall–Kier alpha value is -3.22. The van der Waals surface area contributed by atoms with Gasteiger partial charge in [0.05, 0.1) is 13.2 Å². The Morgan fingerprint density at radius 1 is 0.929 bits per heavy atom.